The maximum Gasteiger partial charge on any atom is 0.290 e. The molecule has 0 aromatic heterocycles. The van der Waals surface area contributed by atoms with Crippen LogP contribution in [0.15, 0.2) is 39.5 Å². The molecule has 2 amide bonds. The van der Waals surface area contributed by atoms with Crippen molar-refractivity contribution in [2.45, 2.75) is 4.90 Å². The molecule has 1 N–H and O–H groups in total. The molecule has 2 heterocycles. The lowest BCUT2D eigenvalue weighted by molar-refractivity contribution is -0.115. The zero-order valence-corrected chi connectivity index (χ0v) is 12.1. The van der Waals surface area contributed by atoms with E-state index < -0.39 is 21.0 Å². The second-order valence-corrected chi connectivity index (χ2v) is 7.30. The first-order valence-electron chi connectivity index (χ1n) is 5.39. The molecule has 0 unspecified atom stereocenters. The van der Waals surface area contributed by atoms with Gasteiger partial charge in [0.05, 0.1) is 9.80 Å². The summed E-state index contributed by atoms with van der Waals surface area (Å²) in [6.45, 7) is 0. The van der Waals surface area contributed by atoms with E-state index in [2.05, 4.69) is 5.32 Å². The molecule has 0 aliphatic carbocycles. The number of benzene rings is 1. The Morgan fingerprint density at radius 3 is 2.60 bits per heavy atom. The largest absolute Gasteiger partial charge is 0.290 e. The number of carbonyl (C=O) groups excluding carboxylic acids is 2. The number of rotatable bonds is 0. The number of hydrogen-bond donors (Lipinski definition) is 1. The van der Waals surface area contributed by atoms with Crippen LogP contribution >= 0.6 is 23.4 Å². The highest BCUT2D eigenvalue weighted by Crippen LogP contribution is 2.39. The molecule has 102 valence electrons. The summed E-state index contributed by atoms with van der Waals surface area (Å²) in [5.74, 6) is -0.528. The van der Waals surface area contributed by atoms with Gasteiger partial charge in [-0.3, -0.25) is 14.9 Å². The normalized spacial score (nSPS) is 23.6. The molecular weight excluding hydrogens is 322 g/mol. The highest BCUT2D eigenvalue weighted by Gasteiger charge is 2.32. The summed E-state index contributed by atoms with van der Waals surface area (Å²) in [6, 6.07) is 4.39. The van der Waals surface area contributed by atoms with Gasteiger partial charge in [0.2, 0.25) is 9.84 Å². The standard InChI is InChI=1S/C12H6ClNO4S2/c13-6-1-2-7-8(10-11(15)14-12(16)19-10)3-4-20(17,18)9(7)5-6/h1-5H,(H,14,15,16). The average Bonchev–Trinajstić information content (AvgIpc) is 2.69. The Bertz CT molecular complexity index is 824. The number of carbonyl (C=O) groups is 2. The molecule has 0 radical (unpaired) electrons. The fourth-order valence-electron chi connectivity index (χ4n) is 1.96. The molecular formula is C12H6ClNO4S2. The van der Waals surface area contributed by atoms with E-state index in [1.807, 2.05) is 0 Å². The number of imide groups is 1. The van der Waals surface area contributed by atoms with Gasteiger partial charge in [-0.25, -0.2) is 8.42 Å². The summed E-state index contributed by atoms with van der Waals surface area (Å²) in [7, 11) is -3.58. The Balaban J connectivity index is 2.31. The molecule has 3 rings (SSSR count). The summed E-state index contributed by atoms with van der Waals surface area (Å²) >= 11 is 6.57. The molecule has 1 aromatic rings. The Morgan fingerprint density at radius 2 is 1.95 bits per heavy atom. The summed E-state index contributed by atoms with van der Waals surface area (Å²) in [6.07, 6.45) is 1.33. The van der Waals surface area contributed by atoms with Gasteiger partial charge in [0.25, 0.3) is 11.1 Å². The van der Waals surface area contributed by atoms with Gasteiger partial charge in [0.15, 0.2) is 0 Å². The van der Waals surface area contributed by atoms with Gasteiger partial charge < -0.3 is 0 Å². The van der Waals surface area contributed by atoms with E-state index in [0.29, 0.717) is 11.1 Å². The maximum atomic E-state index is 12.0. The lowest BCUT2D eigenvalue weighted by Gasteiger charge is -2.15. The summed E-state index contributed by atoms with van der Waals surface area (Å²) < 4.78 is 24.0. The molecule has 2 aliphatic heterocycles. The molecule has 1 fully saturated rings. The number of fused-ring (bicyclic) bond motifs is 1. The van der Waals surface area contributed by atoms with E-state index in [-0.39, 0.29) is 14.8 Å². The van der Waals surface area contributed by atoms with Crippen LogP contribution in [0.1, 0.15) is 5.56 Å². The lowest BCUT2D eigenvalue weighted by Crippen LogP contribution is -2.18. The summed E-state index contributed by atoms with van der Waals surface area (Å²) in [4.78, 5) is 23.2. The van der Waals surface area contributed by atoms with Crippen molar-refractivity contribution < 1.29 is 18.0 Å². The Labute approximate surface area is 123 Å². The molecule has 0 bridgehead atoms. The van der Waals surface area contributed by atoms with Gasteiger partial charge >= 0.3 is 0 Å². The molecule has 2 aliphatic rings. The Morgan fingerprint density at radius 1 is 1.20 bits per heavy atom. The van der Waals surface area contributed by atoms with Crippen molar-refractivity contribution in [1.82, 2.24) is 5.32 Å². The zero-order valence-electron chi connectivity index (χ0n) is 9.71. The van der Waals surface area contributed by atoms with Crippen molar-refractivity contribution >= 4 is 49.9 Å². The molecule has 0 spiro atoms. The number of allylic oxidation sites excluding steroid dienone is 2. The molecule has 1 aromatic carbocycles. The molecule has 0 atom stereocenters. The van der Waals surface area contributed by atoms with E-state index >= 15 is 0 Å². The van der Waals surface area contributed by atoms with E-state index in [1.54, 1.807) is 0 Å². The monoisotopic (exact) mass is 327 g/mol. The van der Waals surface area contributed by atoms with E-state index in [1.165, 1.54) is 24.3 Å². The highest BCUT2D eigenvalue weighted by atomic mass is 35.5. The number of amides is 2. The summed E-state index contributed by atoms with van der Waals surface area (Å²) in [5, 5.41) is 2.96. The highest BCUT2D eigenvalue weighted by molar-refractivity contribution is 8.18. The van der Waals surface area contributed by atoms with Gasteiger partial charge in [0.1, 0.15) is 0 Å². The molecule has 0 saturated carbocycles. The SMILES string of the molecule is O=C1NC(=O)C(=C2C=CS(=O)(=O)c3cc(Cl)ccc32)S1. The Kier molecular flexibility index (Phi) is 3.00. The van der Waals surface area contributed by atoms with Crippen molar-refractivity contribution in [3.8, 4) is 0 Å². The van der Waals surface area contributed by atoms with Crippen molar-refractivity contribution in [2.75, 3.05) is 0 Å². The van der Waals surface area contributed by atoms with Crippen LogP contribution in [0.5, 0.6) is 0 Å². The molecule has 5 nitrogen and oxygen atoms in total. The number of hydrogen-bond acceptors (Lipinski definition) is 5. The van der Waals surface area contributed by atoms with Crippen molar-refractivity contribution in [1.29, 1.82) is 0 Å². The average molecular weight is 328 g/mol. The minimum atomic E-state index is -3.58. The second kappa shape index (κ2) is 4.47. The van der Waals surface area contributed by atoms with Crippen LogP contribution in [-0.4, -0.2) is 19.6 Å². The number of halogens is 1. The third-order valence-corrected chi connectivity index (χ3v) is 5.39. The molecule has 1 saturated heterocycles. The van der Waals surface area contributed by atoms with Crippen LogP contribution in [0.25, 0.3) is 5.57 Å². The first-order valence-corrected chi connectivity index (χ1v) is 8.13. The maximum absolute atomic E-state index is 12.0. The van der Waals surface area contributed by atoms with Crippen molar-refractivity contribution in [2.24, 2.45) is 0 Å². The van der Waals surface area contributed by atoms with Crippen LogP contribution < -0.4 is 5.32 Å². The predicted octanol–water partition coefficient (Wildman–Crippen LogP) is 2.34. The van der Waals surface area contributed by atoms with Crippen molar-refractivity contribution in [3.05, 3.63) is 45.2 Å². The quantitative estimate of drug-likeness (QED) is 0.740. The van der Waals surface area contributed by atoms with Gasteiger partial charge in [-0.15, -0.1) is 0 Å². The first-order chi connectivity index (χ1) is 9.38. The van der Waals surface area contributed by atoms with Crippen LogP contribution in [0.4, 0.5) is 4.79 Å². The second-order valence-electron chi connectivity index (χ2n) is 4.07. The van der Waals surface area contributed by atoms with Crippen LogP contribution in [0, 0.1) is 0 Å². The van der Waals surface area contributed by atoms with Gasteiger partial charge in [0, 0.05) is 21.6 Å². The number of sulfone groups is 1. The van der Waals surface area contributed by atoms with Crippen LogP contribution in [0.3, 0.4) is 0 Å². The fourth-order valence-corrected chi connectivity index (χ4v) is 4.20. The van der Waals surface area contributed by atoms with E-state index in [4.69, 9.17) is 11.6 Å². The predicted molar refractivity (Wildman–Crippen MR) is 75.8 cm³/mol. The van der Waals surface area contributed by atoms with Gasteiger partial charge in [-0.05, 0) is 30.0 Å². The molecule has 20 heavy (non-hydrogen) atoms. The molecule has 8 heteroatoms. The smallest absolute Gasteiger partial charge is 0.282 e. The minimum absolute atomic E-state index is 0.0303. The fraction of sp³-hybridized carbons (Fsp3) is 0. The Hall–Kier alpha value is -1.57. The number of nitrogens with one attached hydrogen (secondary N) is 1. The van der Waals surface area contributed by atoms with E-state index in [9.17, 15) is 18.0 Å². The van der Waals surface area contributed by atoms with Crippen molar-refractivity contribution in [3.63, 3.8) is 0 Å². The van der Waals surface area contributed by atoms with E-state index in [0.717, 1.165) is 17.2 Å². The number of thioether (sulfide) groups is 1. The van der Waals surface area contributed by atoms with Gasteiger partial charge in [-0.1, -0.05) is 17.7 Å². The summed E-state index contributed by atoms with van der Waals surface area (Å²) in [5.41, 5.74) is 0.768. The lowest BCUT2D eigenvalue weighted by atomic mass is 10.0. The first kappa shape index (κ1) is 13.4. The third kappa shape index (κ3) is 2.07. The van der Waals surface area contributed by atoms with Gasteiger partial charge in [-0.2, -0.15) is 0 Å². The van der Waals surface area contributed by atoms with Crippen LogP contribution in [0.2, 0.25) is 5.02 Å². The zero-order chi connectivity index (χ0) is 14.5. The minimum Gasteiger partial charge on any atom is -0.282 e. The topological polar surface area (TPSA) is 80.3 Å². The van der Waals surface area contributed by atoms with Crippen LogP contribution in [-0.2, 0) is 14.6 Å². The third-order valence-electron chi connectivity index (χ3n) is 2.82.